The molecule has 1 amide bonds. The van der Waals surface area contributed by atoms with E-state index in [0.717, 1.165) is 60.6 Å². The molecule has 1 aliphatic rings. The number of anilines is 1. The molecule has 7 nitrogen and oxygen atoms in total. The second-order valence-corrected chi connectivity index (χ2v) is 7.04. The third-order valence-electron chi connectivity index (χ3n) is 5.12. The molecule has 4 rings (SSSR count). The molecule has 0 bridgehead atoms. The van der Waals surface area contributed by atoms with Crippen LogP contribution in [0.4, 0.5) is 5.82 Å². The zero-order valence-electron chi connectivity index (χ0n) is 16.0. The molecule has 0 radical (unpaired) electrons. The number of rotatable bonds is 7. The van der Waals surface area contributed by atoms with Crippen molar-refractivity contribution in [2.75, 3.05) is 18.5 Å². The number of aromatic amines is 1. The lowest BCUT2D eigenvalue weighted by Crippen LogP contribution is -2.27. The third-order valence-corrected chi connectivity index (χ3v) is 5.12. The summed E-state index contributed by atoms with van der Waals surface area (Å²) in [6, 6.07) is 9.83. The van der Waals surface area contributed by atoms with Crippen molar-refractivity contribution in [3.05, 3.63) is 70.9 Å². The molecule has 1 aliphatic carbocycles. The maximum atomic E-state index is 12.6. The minimum absolute atomic E-state index is 0.134. The van der Waals surface area contributed by atoms with Gasteiger partial charge in [-0.05, 0) is 37.5 Å². The van der Waals surface area contributed by atoms with Gasteiger partial charge in [0.25, 0.3) is 5.91 Å². The Balaban J connectivity index is 1.40. The predicted molar refractivity (Wildman–Crippen MR) is 107 cm³/mol. The van der Waals surface area contributed by atoms with E-state index in [9.17, 15) is 4.79 Å². The van der Waals surface area contributed by atoms with Crippen LogP contribution >= 0.6 is 0 Å². The number of H-pyrrole nitrogens is 1. The van der Waals surface area contributed by atoms with E-state index in [0.29, 0.717) is 12.2 Å². The van der Waals surface area contributed by atoms with Crippen molar-refractivity contribution in [3.8, 4) is 0 Å². The van der Waals surface area contributed by atoms with Crippen LogP contribution in [0.2, 0.25) is 0 Å². The van der Waals surface area contributed by atoms with Crippen molar-refractivity contribution in [3.63, 3.8) is 0 Å². The zero-order valence-corrected chi connectivity index (χ0v) is 16.0. The number of hydrogen-bond donors (Lipinski definition) is 2. The number of amides is 1. The fourth-order valence-electron chi connectivity index (χ4n) is 3.61. The lowest BCUT2D eigenvalue weighted by Gasteiger charge is -2.21. The second-order valence-electron chi connectivity index (χ2n) is 7.04. The molecular formula is C21H24N6O. The molecule has 7 heteroatoms. The topological polar surface area (TPSA) is 86.8 Å². The van der Waals surface area contributed by atoms with Crippen molar-refractivity contribution < 1.29 is 4.79 Å². The highest BCUT2D eigenvalue weighted by molar-refractivity contribution is 5.94. The van der Waals surface area contributed by atoms with Gasteiger partial charge in [0.1, 0.15) is 5.82 Å². The first-order chi connectivity index (χ1) is 13.7. The molecule has 0 saturated heterocycles. The highest BCUT2D eigenvalue weighted by atomic mass is 16.1. The number of pyridine rings is 2. The van der Waals surface area contributed by atoms with Gasteiger partial charge in [-0.15, -0.1) is 0 Å². The summed E-state index contributed by atoms with van der Waals surface area (Å²) in [5.41, 5.74) is 4.72. The van der Waals surface area contributed by atoms with E-state index in [4.69, 9.17) is 0 Å². The smallest absolute Gasteiger partial charge is 0.272 e. The molecular weight excluding hydrogens is 352 g/mol. The second kappa shape index (κ2) is 8.21. The molecule has 2 N–H and O–H groups in total. The Hall–Kier alpha value is -3.22. The summed E-state index contributed by atoms with van der Waals surface area (Å²) < 4.78 is 0. The molecule has 0 saturated carbocycles. The van der Waals surface area contributed by atoms with Crippen LogP contribution < -0.4 is 10.2 Å². The van der Waals surface area contributed by atoms with E-state index in [1.165, 1.54) is 0 Å². The molecule has 3 aromatic heterocycles. The monoisotopic (exact) mass is 376 g/mol. The van der Waals surface area contributed by atoms with Crippen molar-refractivity contribution in [2.45, 2.75) is 32.2 Å². The maximum Gasteiger partial charge on any atom is 0.272 e. The average Bonchev–Trinajstić information content (AvgIpc) is 3.35. The standard InChI is InChI=1S/C21H24N6O/c1-27(13-10-16-7-2-3-11-22-16)20-15(6-5-12-23-20)14-24-21(28)19-17-8-4-9-18(17)25-26-19/h2-3,5-7,11-12H,4,8-10,13-14H2,1H3,(H,24,28)(H,25,26). The fourth-order valence-corrected chi connectivity index (χ4v) is 3.61. The molecule has 0 fully saturated rings. The minimum atomic E-state index is -0.134. The number of aromatic nitrogens is 4. The lowest BCUT2D eigenvalue weighted by atomic mass is 10.2. The minimum Gasteiger partial charge on any atom is -0.359 e. The first-order valence-corrected chi connectivity index (χ1v) is 9.61. The normalized spacial score (nSPS) is 12.6. The Bertz CT molecular complexity index is 953. The van der Waals surface area contributed by atoms with E-state index in [-0.39, 0.29) is 5.91 Å². The van der Waals surface area contributed by atoms with Gasteiger partial charge in [-0.3, -0.25) is 14.9 Å². The Morgan fingerprint density at radius 2 is 2.07 bits per heavy atom. The first-order valence-electron chi connectivity index (χ1n) is 9.61. The van der Waals surface area contributed by atoms with Gasteiger partial charge in [-0.2, -0.15) is 5.10 Å². The van der Waals surface area contributed by atoms with Gasteiger partial charge in [0.15, 0.2) is 5.69 Å². The Morgan fingerprint density at radius 1 is 1.18 bits per heavy atom. The van der Waals surface area contributed by atoms with Crippen LogP contribution in [0.3, 0.4) is 0 Å². The van der Waals surface area contributed by atoms with Crippen LogP contribution in [-0.4, -0.2) is 39.7 Å². The molecule has 28 heavy (non-hydrogen) atoms. The van der Waals surface area contributed by atoms with Crippen LogP contribution in [-0.2, 0) is 25.8 Å². The van der Waals surface area contributed by atoms with Crippen molar-refractivity contribution in [2.24, 2.45) is 0 Å². The van der Waals surface area contributed by atoms with E-state index >= 15 is 0 Å². The van der Waals surface area contributed by atoms with E-state index < -0.39 is 0 Å². The van der Waals surface area contributed by atoms with Gasteiger partial charge >= 0.3 is 0 Å². The number of aryl methyl sites for hydroxylation is 1. The molecule has 3 aromatic rings. The summed E-state index contributed by atoms with van der Waals surface area (Å²) >= 11 is 0. The van der Waals surface area contributed by atoms with Gasteiger partial charge < -0.3 is 10.2 Å². The molecule has 0 aromatic carbocycles. The zero-order chi connectivity index (χ0) is 19.3. The summed E-state index contributed by atoms with van der Waals surface area (Å²) in [6.07, 6.45) is 7.39. The SMILES string of the molecule is CN(CCc1ccccn1)c1ncccc1CNC(=O)c1n[nH]c2c1CCC2. The molecule has 3 heterocycles. The van der Waals surface area contributed by atoms with Crippen LogP contribution in [0, 0.1) is 0 Å². The number of carbonyl (C=O) groups excluding carboxylic acids is 1. The average molecular weight is 376 g/mol. The quantitative estimate of drug-likeness (QED) is 0.661. The van der Waals surface area contributed by atoms with Gasteiger partial charge in [-0.25, -0.2) is 4.98 Å². The Labute approximate surface area is 164 Å². The Morgan fingerprint density at radius 3 is 2.93 bits per heavy atom. The van der Waals surface area contributed by atoms with E-state index in [2.05, 4.69) is 30.4 Å². The van der Waals surface area contributed by atoms with Gasteiger partial charge in [-0.1, -0.05) is 12.1 Å². The third kappa shape index (κ3) is 3.88. The Kier molecular flexibility index (Phi) is 5.32. The molecule has 0 atom stereocenters. The number of nitrogens with one attached hydrogen (secondary N) is 2. The molecule has 0 spiro atoms. The van der Waals surface area contributed by atoms with E-state index in [1.54, 1.807) is 6.20 Å². The largest absolute Gasteiger partial charge is 0.359 e. The fraction of sp³-hybridized carbons (Fsp3) is 0.333. The van der Waals surface area contributed by atoms with Gasteiger partial charge in [0.2, 0.25) is 0 Å². The summed E-state index contributed by atoms with van der Waals surface area (Å²) in [5, 5.41) is 10.2. The van der Waals surface area contributed by atoms with Crippen LogP contribution in [0.1, 0.15) is 39.4 Å². The summed E-state index contributed by atoms with van der Waals surface area (Å²) in [4.78, 5) is 23.6. The maximum absolute atomic E-state index is 12.6. The van der Waals surface area contributed by atoms with E-state index in [1.807, 2.05) is 43.6 Å². The summed E-state index contributed by atoms with van der Waals surface area (Å²) in [5.74, 6) is 0.733. The van der Waals surface area contributed by atoms with Crippen LogP contribution in [0.5, 0.6) is 0 Å². The van der Waals surface area contributed by atoms with Crippen LogP contribution in [0.15, 0.2) is 42.7 Å². The highest BCUT2D eigenvalue weighted by Crippen LogP contribution is 2.23. The molecule has 0 unspecified atom stereocenters. The van der Waals surface area contributed by atoms with Crippen molar-refractivity contribution >= 4 is 11.7 Å². The predicted octanol–water partition coefficient (Wildman–Crippen LogP) is 2.30. The van der Waals surface area contributed by atoms with Crippen molar-refractivity contribution in [1.29, 1.82) is 0 Å². The number of likely N-dealkylation sites (N-methyl/N-ethyl adjacent to an activating group) is 1. The van der Waals surface area contributed by atoms with Gasteiger partial charge in [0.05, 0.1) is 0 Å². The van der Waals surface area contributed by atoms with Crippen LogP contribution in [0.25, 0.3) is 0 Å². The van der Waals surface area contributed by atoms with Crippen molar-refractivity contribution in [1.82, 2.24) is 25.5 Å². The summed E-state index contributed by atoms with van der Waals surface area (Å²) in [7, 11) is 2.01. The number of carbonyl (C=O) groups is 1. The van der Waals surface area contributed by atoms with Gasteiger partial charge in [0, 0.05) is 61.5 Å². The first kappa shape index (κ1) is 18.2. The number of fused-ring (bicyclic) bond motifs is 1. The number of nitrogens with zero attached hydrogens (tertiary/aromatic N) is 4. The summed E-state index contributed by atoms with van der Waals surface area (Å²) in [6.45, 7) is 1.21. The molecule has 0 aliphatic heterocycles. The molecule has 144 valence electrons. The number of hydrogen-bond acceptors (Lipinski definition) is 5. The lowest BCUT2D eigenvalue weighted by molar-refractivity contribution is 0.0945. The highest BCUT2D eigenvalue weighted by Gasteiger charge is 2.23.